The minimum Gasteiger partial charge on any atom is -0.503 e. The predicted octanol–water partition coefficient (Wildman–Crippen LogP) is 3.79. The number of phenols is 1. The van der Waals surface area contributed by atoms with Crippen LogP contribution in [0.3, 0.4) is 0 Å². The second kappa shape index (κ2) is 7.65. The Morgan fingerprint density at radius 1 is 1.21 bits per heavy atom. The highest BCUT2D eigenvalue weighted by Crippen LogP contribution is 2.42. The van der Waals surface area contributed by atoms with Crippen molar-refractivity contribution >= 4 is 57.1 Å². The van der Waals surface area contributed by atoms with Crippen molar-refractivity contribution in [3.05, 3.63) is 56.5 Å². The summed E-state index contributed by atoms with van der Waals surface area (Å²) in [5.74, 6) is -1.84. The molecule has 0 radical (unpaired) electrons. The fraction of sp³-hybridized carbons (Fsp3) is 0.105. The van der Waals surface area contributed by atoms with Crippen molar-refractivity contribution in [3.8, 4) is 11.5 Å². The quantitative estimate of drug-likeness (QED) is 0.531. The largest absolute Gasteiger partial charge is 0.503 e. The van der Waals surface area contributed by atoms with Gasteiger partial charge in [0.05, 0.1) is 12.8 Å². The molecular formula is C19H14BrClN2O5. The molecule has 0 spiro atoms. The Balaban J connectivity index is 2.09. The number of urea groups is 1. The van der Waals surface area contributed by atoms with Gasteiger partial charge in [0.15, 0.2) is 11.5 Å². The van der Waals surface area contributed by atoms with Crippen LogP contribution in [0.25, 0.3) is 6.08 Å². The number of amides is 4. The minimum absolute atomic E-state index is 0.0404. The Morgan fingerprint density at radius 3 is 2.46 bits per heavy atom. The van der Waals surface area contributed by atoms with E-state index >= 15 is 0 Å². The molecule has 2 aromatic carbocycles. The Bertz CT molecular complexity index is 1030. The molecule has 0 aliphatic carbocycles. The second-order valence-corrected chi connectivity index (χ2v) is 7.11. The molecule has 1 aliphatic heterocycles. The number of hydrogen-bond donors (Lipinski definition) is 2. The fourth-order valence-electron chi connectivity index (χ4n) is 2.61. The van der Waals surface area contributed by atoms with Crippen LogP contribution in [0.15, 0.2) is 40.4 Å². The second-order valence-electron chi connectivity index (χ2n) is 5.94. The van der Waals surface area contributed by atoms with E-state index in [0.29, 0.717) is 11.3 Å². The number of nitrogens with zero attached hydrogens (tertiary/aromatic N) is 1. The molecule has 9 heteroatoms. The van der Waals surface area contributed by atoms with Gasteiger partial charge in [-0.05, 0) is 52.7 Å². The van der Waals surface area contributed by atoms with Crippen LogP contribution in [-0.2, 0) is 9.59 Å². The van der Waals surface area contributed by atoms with Crippen molar-refractivity contribution in [1.29, 1.82) is 0 Å². The molecule has 0 atom stereocenters. The summed E-state index contributed by atoms with van der Waals surface area (Å²) in [4.78, 5) is 38.3. The zero-order valence-corrected chi connectivity index (χ0v) is 17.1. The lowest BCUT2D eigenvalue weighted by Gasteiger charge is -2.26. The summed E-state index contributed by atoms with van der Waals surface area (Å²) < 4.78 is 5.31. The summed E-state index contributed by atoms with van der Waals surface area (Å²) in [6.07, 6.45) is 1.27. The number of rotatable bonds is 3. The van der Waals surface area contributed by atoms with Gasteiger partial charge in [0.25, 0.3) is 11.8 Å². The molecule has 7 nitrogen and oxygen atoms in total. The van der Waals surface area contributed by atoms with Gasteiger partial charge >= 0.3 is 6.03 Å². The van der Waals surface area contributed by atoms with Crippen LogP contribution in [0.2, 0.25) is 5.02 Å². The number of anilines is 1. The first-order valence-corrected chi connectivity index (χ1v) is 9.14. The molecule has 0 aromatic heterocycles. The smallest absolute Gasteiger partial charge is 0.335 e. The zero-order chi connectivity index (χ0) is 20.6. The number of carbonyl (C=O) groups is 3. The van der Waals surface area contributed by atoms with Gasteiger partial charge in [0.2, 0.25) is 0 Å². The highest BCUT2D eigenvalue weighted by Gasteiger charge is 2.37. The average Bonchev–Trinajstić information content (AvgIpc) is 2.66. The SMILES string of the molecule is COc1cc(/C=C2\C(=O)NC(=O)N(c3ccc(C)cc3)C2=O)c(Br)c(Cl)c1O. The lowest BCUT2D eigenvalue weighted by Crippen LogP contribution is -2.54. The van der Waals surface area contributed by atoms with Gasteiger partial charge in [-0.25, -0.2) is 9.69 Å². The van der Waals surface area contributed by atoms with Crippen LogP contribution < -0.4 is 15.0 Å². The summed E-state index contributed by atoms with van der Waals surface area (Å²) in [5, 5.41) is 12.1. The monoisotopic (exact) mass is 464 g/mol. The van der Waals surface area contributed by atoms with Gasteiger partial charge in [-0.15, -0.1) is 0 Å². The van der Waals surface area contributed by atoms with Crippen LogP contribution in [0.5, 0.6) is 11.5 Å². The van der Waals surface area contributed by atoms with Crippen molar-refractivity contribution < 1.29 is 24.2 Å². The first-order valence-electron chi connectivity index (χ1n) is 7.97. The summed E-state index contributed by atoms with van der Waals surface area (Å²) in [7, 11) is 1.34. The molecule has 2 aromatic rings. The number of barbiturate groups is 1. The van der Waals surface area contributed by atoms with Gasteiger partial charge in [0, 0.05) is 4.47 Å². The number of methoxy groups -OCH3 is 1. The number of benzene rings is 2. The number of ether oxygens (including phenoxy) is 1. The van der Waals surface area contributed by atoms with Crippen molar-refractivity contribution in [2.75, 3.05) is 12.0 Å². The third kappa shape index (κ3) is 3.48. The molecule has 0 saturated carbocycles. The van der Waals surface area contributed by atoms with Crippen molar-refractivity contribution in [3.63, 3.8) is 0 Å². The Labute approximate surface area is 173 Å². The maximum atomic E-state index is 12.9. The number of carbonyl (C=O) groups excluding carboxylic acids is 3. The molecule has 0 unspecified atom stereocenters. The van der Waals surface area contributed by atoms with Crippen molar-refractivity contribution in [2.45, 2.75) is 6.92 Å². The highest BCUT2D eigenvalue weighted by atomic mass is 79.9. The Morgan fingerprint density at radius 2 is 1.86 bits per heavy atom. The molecule has 4 amide bonds. The molecule has 1 aliphatic rings. The van der Waals surface area contributed by atoms with Crippen LogP contribution in [0.4, 0.5) is 10.5 Å². The fourth-order valence-corrected chi connectivity index (χ4v) is 3.23. The molecule has 1 fully saturated rings. The lowest BCUT2D eigenvalue weighted by atomic mass is 10.1. The first-order chi connectivity index (χ1) is 13.2. The van der Waals surface area contributed by atoms with Crippen LogP contribution in [0, 0.1) is 6.92 Å². The van der Waals surface area contributed by atoms with E-state index in [9.17, 15) is 19.5 Å². The van der Waals surface area contributed by atoms with E-state index in [1.54, 1.807) is 24.3 Å². The normalized spacial score (nSPS) is 15.8. The Kier molecular flexibility index (Phi) is 5.44. The number of hydrogen-bond acceptors (Lipinski definition) is 5. The van der Waals surface area contributed by atoms with E-state index in [-0.39, 0.29) is 26.6 Å². The standard InChI is InChI=1S/C19H14BrClN2O5/c1-9-3-5-11(6-4-9)23-18(26)12(17(25)22-19(23)27)7-10-8-13(28-2)16(24)15(21)14(10)20/h3-8,24H,1-2H3,(H,22,25,27)/b12-7+. The van der Waals surface area contributed by atoms with E-state index in [1.807, 2.05) is 6.92 Å². The third-order valence-electron chi connectivity index (χ3n) is 4.09. The van der Waals surface area contributed by atoms with Crippen LogP contribution >= 0.6 is 27.5 Å². The summed E-state index contributed by atoms with van der Waals surface area (Å²) in [5.41, 5.74) is 1.32. The molecule has 3 rings (SSSR count). The molecule has 2 N–H and O–H groups in total. The van der Waals surface area contributed by atoms with Gasteiger partial charge in [-0.3, -0.25) is 14.9 Å². The van der Waals surface area contributed by atoms with Crippen LogP contribution in [0.1, 0.15) is 11.1 Å². The average molecular weight is 466 g/mol. The molecule has 1 heterocycles. The first kappa shape index (κ1) is 19.9. The summed E-state index contributed by atoms with van der Waals surface area (Å²) >= 11 is 9.29. The van der Waals surface area contributed by atoms with Crippen LogP contribution in [-0.4, -0.2) is 30.1 Å². The summed E-state index contributed by atoms with van der Waals surface area (Å²) in [6, 6.07) is 7.28. The highest BCUT2D eigenvalue weighted by molar-refractivity contribution is 9.10. The number of imide groups is 2. The van der Waals surface area contributed by atoms with Crippen molar-refractivity contribution in [2.24, 2.45) is 0 Å². The molecule has 0 bridgehead atoms. The number of nitrogens with one attached hydrogen (secondary N) is 1. The van der Waals surface area contributed by atoms with E-state index < -0.39 is 17.8 Å². The number of halogens is 2. The van der Waals surface area contributed by atoms with Gasteiger partial charge in [-0.2, -0.15) is 0 Å². The van der Waals surface area contributed by atoms with Gasteiger partial charge < -0.3 is 9.84 Å². The predicted molar refractivity (Wildman–Crippen MR) is 108 cm³/mol. The lowest BCUT2D eigenvalue weighted by molar-refractivity contribution is -0.122. The van der Waals surface area contributed by atoms with Gasteiger partial charge in [0.1, 0.15) is 10.6 Å². The third-order valence-corrected chi connectivity index (χ3v) is 5.54. The van der Waals surface area contributed by atoms with E-state index in [2.05, 4.69) is 21.2 Å². The van der Waals surface area contributed by atoms with Gasteiger partial charge in [-0.1, -0.05) is 29.3 Å². The Hall–Kier alpha value is -2.84. The molecular weight excluding hydrogens is 452 g/mol. The maximum absolute atomic E-state index is 12.9. The maximum Gasteiger partial charge on any atom is 0.335 e. The van der Waals surface area contributed by atoms with Crippen molar-refractivity contribution in [1.82, 2.24) is 5.32 Å². The zero-order valence-electron chi connectivity index (χ0n) is 14.7. The van der Waals surface area contributed by atoms with E-state index in [1.165, 1.54) is 19.3 Å². The molecule has 28 heavy (non-hydrogen) atoms. The number of phenolic OH excluding ortho intramolecular Hbond substituents is 1. The molecule has 1 saturated heterocycles. The van der Waals surface area contributed by atoms with E-state index in [0.717, 1.165) is 10.5 Å². The number of aryl methyl sites for hydroxylation is 1. The number of aromatic hydroxyl groups is 1. The van der Waals surface area contributed by atoms with E-state index in [4.69, 9.17) is 16.3 Å². The summed E-state index contributed by atoms with van der Waals surface area (Å²) in [6.45, 7) is 1.87. The minimum atomic E-state index is -0.839. The topological polar surface area (TPSA) is 95.9 Å². The molecule has 144 valence electrons.